The third-order valence-corrected chi connectivity index (χ3v) is 4.08. The average Bonchev–Trinajstić information content (AvgIpc) is 2.87. The van der Waals surface area contributed by atoms with Gasteiger partial charge in [0, 0.05) is 19.7 Å². The molecule has 1 aliphatic rings. The molecule has 3 atom stereocenters. The number of rotatable bonds is 5. The zero-order valence-electron chi connectivity index (χ0n) is 13.9. The summed E-state index contributed by atoms with van der Waals surface area (Å²) in [6.45, 7) is 8.59. The van der Waals surface area contributed by atoms with Gasteiger partial charge in [0.1, 0.15) is 6.04 Å². The van der Waals surface area contributed by atoms with Gasteiger partial charge in [-0.25, -0.2) is 4.79 Å². The van der Waals surface area contributed by atoms with Gasteiger partial charge in [-0.15, -0.1) is 0 Å². The molecule has 21 heavy (non-hydrogen) atoms. The molecular weight excluding hydrogens is 272 g/mol. The van der Waals surface area contributed by atoms with E-state index in [1.165, 1.54) is 7.11 Å². The van der Waals surface area contributed by atoms with Gasteiger partial charge in [0.2, 0.25) is 5.91 Å². The van der Waals surface area contributed by atoms with Gasteiger partial charge in [-0.3, -0.25) is 4.79 Å². The lowest BCUT2D eigenvalue weighted by Crippen LogP contribution is -2.53. The Hall–Kier alpha value is -1.30. The molecule has 1 saturated heterocycles. The van der Waals surface area contributed by atoms with Crippen LogP contribution < -0.4 is 5.32 Å². The Morgan fingerprint density at radius 1 is 1.19 bits per heavy atom. The number of nitrogens with one attached hydrogen (secondary N) is 1. The van der Waals surface area contributed by atoms with Crippen LogP contribution in [0.25, 0.3) is 0 Å². The van der Waals surface area contributed by atoms with E-state index in [-0.39, 0.29) is 24.0 Å². The van der Waals surface area contributed by atoms with Gasteiger partial charge in [0.05, 0.1) is 13.2 Å². The first-order valence-electron chi connectivity index (χ1n) is 7.49. The second-order valence-electron chi connectivity index (χ2n) is 6.25. The van der Waals surface area contributed by atoms with E-state index < -0.39 is 12.1 Å². The lowest BCUT2D eigenvalue weighted by atomic mass is 9.98. The standard InChI is InChI=1S/C15H28N2O4/c1-9(2)12-7-11(20-5)8-17(12)14(18)13(10(3)4)16-15(19)21-6/h9-13H,7-8H2,1-6H3,(H,16,19)/t11-,12-,13-/m0/s1. The average molecular weight is 300 g/mol. The lowest BCUT2D eigenvalue weighted by Gasteiger charge is -2.32. The van der Waals surface area contributed by atoms with Crippen molar-refractivity contribution >= 4 is 12.0 Å². The molecule has 0 aromatic heterocycles. The Morgan fingerprint density at radius 3 is 2.24 bits per heavy atom. The first kappa shape index (κ1) is 17.8. The van der Waals surface area contributed by atoms with Crippen LogP contribution in [0.1, 0.15) is 34.1 Å². The van der Waals surface area contributed by atoms with E-state index in [4.69, 9.17) is 4.74 Å². The largest absolute Gasteiger partial charge is 0.453 e. The number of ether oxygens (including phenoxy) is 2. The molecule has 1 heterocycles. The number of methoxy groups -OCH3 is 2. The molecule has 0 radical (unpaired) electrons. The van der Waals surface area contributed by atoms with Crippen LogP contribution in [0.2, 0.25) is 0 Å². The molecule has 1 N–H and O–H groups in total. The maximum Gasteiger partial charge on any atom is 0.407 e. The second-order valence-corrected chi connectivity index (χ2v) is 6.25. The summed E-state index contributed by atoms with van der Waals surface area (Å²) >= 11 is 0. The Labute approximate surface area is 127 Å². The minimum Gasteiger partial charge on any atom is -0.453 e. The van der Waals surface area contributed by atoms with Crippen LogP contribution in [0.15, 0.2) is 0 Å². The topological polar surface area (TPSA) is 67.9 Å². The maximum absolute atomic E-state index is 12.8. The van der Waals surface area contributed by atoms with Crippen molar-refractivity contribution in [3.63, 3.8) is 0 Å². The summed E-state index contributed by atoms with van der Waals surface area (Å²) in [6, 6.07) is -0.433. The zero-order valence-corrected chi connectivity index (χ0v) is 13.9. The van der Waals surface area contributed by atoms with Gasteiger partial charge in [-0.2, -0.15) is 0 Å². The van der Waals surface area contributed by atoms with Crippen LogP contribution in [-0.4, -0.2) is 55.9 Å². The van der Waals surface area contributed by atoms with E-state index >= 15 is 0 Å². The summed E-state index contributed by atoms with van der Waals surface area (Å²) in [7, 11) is 2.97. The SMILES string of the molecule is COC(=O)N[C@H](C(=O)N1C[C@@H](OC)C[C@H]1C(C)C)C(C)C. The molecule has 0 aromatic carbocycles. The molecule has 6 heteroatoms. The first-order chi connectivity index (χ1) is 9.81. The molecule has 0 saturated carbocycles. The Bertz CT molecular complexity index is 371. The van der Waals surface area contributed by atoms with Crippen molar-refractivity contribution in [2.45, 2.75) is 52.3 Å². The molecular formula is C15H28N2O4. The third kappa shape index (κ3) is 4.33. The Balaban J connectivity index is 2.88. The summed E-state index contributed by atoms with van der Waals surface area (Å²) < 4.78 is 10.0. The van der Waals surface area contributed by atoms with E-state index in [9.17, 15) is 9.59 Å². The summed E-state index contributed by atoms with van der Waals surface area (Å²) in [4.78, 5) is 26.1. The van der Waals surface area contributed by atoms with Crippen LogP contribution in [-0.2, 0) is 14.3 Å². The van der Waals surface area contributed by atoms with E-state index in [1.54, 1.807) is 7.11 Å². The van der Waals surface area contributed by atoms with Crippen LogP contribution >= 0.6 is 0 Å². The predicted molar refractivity (Wildman–Crippen MR) is 79.9 cm³/mol. The summed E-state index contributed by atoms with van der Waals surface area (Å²) in [5.74, 6) is 0.277. The van der Waals surface area contributed by atoms with Gasteiger partial charge in [0.25, 0.3) is 0 Å². The van der Waals surface area contributed by atoms with Crippen LogP contribution in [0.4, 0.5) is 4.79 Å². The van der Waals surface area contributed by atoms with Crippen molar-refractivity contribution in [2.24, 2.45) is 11.8 Å². The fourth-order valence-corrected chi connectivity index (χ4v) is 2.76. The molecule has 0 bridgehead atoms. The quantitative estimate of drug-likeness (QED) is 0.838. The number of hydrogen-bond acceptors (Lipinski definition) is 4. The fraction of sp³-hybridized carbons (Fsp3) is 0.867. The number of carbonyl (C=O) groups excluding carboxylic acids is 2. The van der Waals surface area contributed by atoms with Gasteiger partial charge < -0.3 is 19.7 Å². The highest BCUT2D eigenvalue weighted by molar-refractivity contribution is 5.86. The normalized spacial score (nSPS) is 23.5. The Kier molecular flexibility index (Phi) is 6.45. The molecule has 6 nitrogen and oxygen atoms in total. The number of alkyl carbamates (subject to hydrolysis) is 1. The van der Waals surface area contributed by atoms with Gasteiger partial charge in [-0.1, -0.05) is 27.7 Å². The molecule has 0 unspecified atom stereocenters. The summed E-state index contributed by atoms with van der Waals surface area (Å²) in [5.41, 5.74) is 0. The van der Waals surface area contributed by atoms with Crippen molar-refractivity contribution in [3.8, 4) is 0 Å². The monoisotopic (exact) mass is 300 g/mol. The molecule has 122 valence electrons. The Morgan fingerprint density at radius 2 is 1.81 bits per heavy atom. The van der Waals surface area contributed by atoms with Crippen LogP contribution in [0.5, 0.6) is 0 Å². The van der Waals surface area contributed by atoms with E-state index in [2.05, 4.69) is 23.9 Å². The van der Waals surface area contributed by atoms with E-state index in [1.807, 2.05) is 18.7 Å². The second kappa shape index (κ2) is 7.64. The van der Waals surface area contributed by atoms with E-state index in [0.717, 1.165) is 6.42 Å². The molecule has 0 aromatic rings. The van der Waals surface area contributed by atoms with Gasteiger partial charge in [0.15, 0.2) is 0 Å². The minimum absolute atomic E-state index is 0.00833. The molecule has 1 rings (SSSR count). The van der Waals surface area contributed by atoms with Crippen molar-refractivity contribution in [1.82, 2.24) is 10.2 Å². The molecule has 1 aliphatic heterocycles. The van der Waals surface area contributed by atoms with Gasteiger partial charge in [-0.05, 0) is 18.3 Å². The minimum atomic E-state index is -0.578. The molecule has 1 fully saturated rings. The first-order valence-corrected chi connectivity index (χ1v) is 7.49. The number of hydrogen-bond donors (Lipinski definition) is 1. The highest BCUT2D eigenvalue weighted by atomic mass is 16.5. The van der Waals surface area contributed by atoms with E-state index in [0.29, 0.717) is 12.5 Å². The number of likely N-dealkylation sites (tertiary alicyclic amines) is 1. The number of nitrogens with zero attached hydrogens (tertiary/aromatic N) is 1. The molecule has 2 amide bonds. The predicted octanol–water partition coefficient (Wildman–Crippen LogP) is 1.64. The summed E-state index contributed by atoms with van der Waals surface area (Å²) in [5, 5.41) is 2.64. The van der Waals surface area contributed by atoms with Crippen LogP contribution in [0, 0.1) is 11.8 Å². The van der Waals surface area contributed by atoms with Crippen molar-refractivity contribution in [1.29, 1.82) is 0 Å². The van der Waals surface area contributed by atoms with Crippen molar-refractivity contribution in [3.05, 3.63) is 0 Å². The number of carbonyl (C=O) groups is 2. The fourth-order valence-electron chi connectivity index (χ4n) is 2.76. The van der Waals surface area contributed by atoms with Crippen LogP contribution in [0.3, 0.4) is 0 Å². The highest BCUT2D eigenvalue weighted by Gasteiger charge is 2.40. The van der Waals surface area contributed by atoms with Gasteiger partial charge >= 0.3 is 6.09 Å². The smallest absolute Gasteiger partial charge is 0.407 e. The van der Waals surface area contributed by atoms with Crippen molar-refractivity contribution in [2.75, 3.05) is 20.8 Å². The highest BCUT2D eigenvalue weighted by Crippen LogP contribution is 2.27. The number of amides is 2. The summed E-state index contributed by atoms with van der Waals surface area (Å²) in [6.07, 6.45) is 0.320. The maximum atomic E-state index is 12.8. The zero-order chi connectivity index (χ0) is 16.2. The lowest BCUT2D eigenvalue weighted by molar-refractivity contribution is -0.136. The third-order valence-electron chi connectivity index (χ3n) is 4.08. The molecule has 0 spiro atoms. The van der Waals surface area contributed by atoms with Crippen molar-refractivity contribution < 1.29 is 19.1 Å². The molecule has 0 aliphatic carbocycles.